The summed E-state index contributed by atoms with van der Waals surface area (Å²) in [6, 6.07) is 5.90. The van der Waals surface area contributed by atoms with Crippen LogP contribution in [-0.2, 0) is 11.3 Å². The van der Waals surface area contributed by atoms with Crippen LogP contribution in [0.25, 0.3) is 0 Å². The van der Waals surface area contributed by atoms with Crippen molar-refractivity contribution in [3.05, 3.63) is 28.8 Å². The molecule has 0 unspecified atom stereocenters. The molecule has 0 aliphatic carbocycles. The fourth-order valence-electron chi connectivity index (χ4n) is 2.18. The van der Waals surface area contributed by atoms with Gasteiger partial charge in [0.1, 0.15) is 0 Å². The molecule has 21 heavy (non-hydrogen) atoms. The lowest BCUT2D eigenvalue weighted by Gasteiger charge is -2.27. The molecular formula is C16H27ClN2O2. The molecule has 1 rings (SSSR count). The van der Waals surface area contributed by atoms with E-state index in [-0.39, 0.29) is 6.61 Å². The largest absolute Gasteiger partial charge is 0.395 e. The van der Waals surface area contributed by atoms with Crippen molar-refractivity contribution in [2.24, 2.45) is 5.92 Å². The van der Waals surface area contributed by atoms with Crippen LogP contribution in [0.15, 0.2) is 18.2 Å². The summed E-state index contributed by atoms with van der Waals surface area (Å²) in [7, 11) is 1.68. The Hall–Kier alpha value is -0.810. The first-order valence-corrected chi connectivity index (χ1v) is 7.80. The number of benzene rings is 1. The first kappa shape index (κ1) is 18.2. The van der Waals surface area contributed by atoms with Gasteiger partial charge < -0.3 is 20.1 Å². The van der Waals surface area contributed by atoms with Gasteiger partial charge in [0.25, 0.3) is 0 Å². The zero-order chi connectivity index (χ0) is 15.7. The van der Waals surface area contributed by atoms with Gasteiger partial charge in [-0.05, 0) is 24.6 Å². The van der Waals surface area contributed by atoms with Crippen LogP contribution in [0.3, 0.4) is 0 Å². The summed E-state index contributed by atoms with van der Waals surface area (Å²) >= 11 is 6.36. The maximum absolute atomic E-state index is 9.28. The molecule has 0 aromatic heterocycles. The topological polar surface area (TPSA) is 44.7 Å². The number of aliphatic hydroxyl groups is 1. The number of anilines is 1. The second-order valence-electron chi connectivity index (χ2n) is 5.47. The van der Waals surface area contributed by atoms with Crippen molar-refractivity contribution >= 4 is 17.3 Å². The van der Waals surface area contributed by atoms with Gasteiger partial charge in [-0.1, -0.05) is 31.5 Å². The minimum Gasteiger partial charge on any atom is -0.395 e. The third-order valence-corrected chi connectivity index (χ3v) is 3.58. The van der Waals surface area contributed by atoms with E-state index >= 15 is 0 Å². The lowest BCUT2D eigenvalue weighted by Crippen LogP contribution is -2.32. The molecule has 0 heterocycles. The van der Waals surface area contributed by atoms with E-state index in [9.17, 15) is 5.11 Å². The van der Waals surface area contributed by atoms with Gasteiger partial charge in [0.2, 0.25) is 0 Å². The summed E-state index contributed by atoms with van der Waals surface area (Å²) < 4.78 is 5.15. The highest BCUT2D eigenvalue weighted by molar-refractivity contribution is 6.31. The van der Waals surface area contributed by atoms with Crippen LogP contribution in [0.2, 0.25) is 5.02 Å². The molecule has 0 aliphatic rings. The quantitative estimate of drug-likeness (QED) is 0.696. The van der Waals surface area contributed by atoms with Crippen LogP contribution < -0.4 is 10.2 Å². The number of aliphatic hydroxyl groups excluding tert-OH is 1. The van der Waals surface area contributed by atoms with Crippen LogP contribution in [-0.4, -0.2) is 45.1 Å². The molecule has 0 saturated heterocycles. The number of nitrogens with zero attached hydrogens (tertiary/aromatic N) is 1. The van der Waals surface area contributed by atoms with Crippen LogP contribution in [0.4, 0.5) is 5.69 Å². The van der Waals surface area contributed by atoms with Crippen molar-refractivity contribution in [1.29, 1.82) is 0 Å². The van der Waals surface area contributed by atoms with E-state index in [2.05, 4.69) is 24.1 Å². The molecular weight excluding hydrogens is 288 g/mol. The Balaban J connectivity index is 2.89. The van der Waals surface area contributed by atoms with Crippen molar-refractivity contribution in [2.75, 3.05) is 44.9 Å². The van der Waals surface area contributed by atoms with Crippen LogP contribution in [0, 0.1) is 5.92 Å². The fourth-order valence-corrected chi connectivity index (χ4v) is 2.42. The average Bonchev–Trinajstić information content (AvgIpc) is 2.45. The summed E-state index contributed by atoms with van der Waals surface area (Å²) in [6.45, 7) is 8.05. The summed E-state index contributed by atoms with van der Waals surface area (Å²) in [5.41, 5.74) is 2.13. The van der Waals surface area contributed by atoms with E-state index in [1.165, 1.54) is 0 Å². The van der Waals surface area contributed by atoms with Crippen molar-refractivity contribution in [3.8, 4) is 0 Å². The Bertz CT molecular complexity index is 413. The third-order valence-electron chi connectivity index (χ3n) is 3.22. The van der Waals surface area contributed by atoms with Crippen molar-refractivity contribution in [2.45, 2.75) is 20.4 Å². The van der Waals surface area contributed by atoms with Gasteiger partial charge in [0.05, 0.1) is 13.2 Å². The molecule has 5 heteroatoms. The van der Waals surface area contributed by atoms with Gasteiger partial charge in [0, 0.05) is 43.0 Å². The molecule has 1 aromatic carbocycles. The van der Waals surface area contributed by atoms with Gasteiger partial charge in [-0.25, -0.2) is 0 Å². The monoisotopic (exact) mass is 314 g/mol. The van der Waals surface area contributed by atoms with Crippen LogP contribution in [0.5, 0.6) is 0 Å². The molecule has 0 aliphatic heterocycles. The van der Waals surface area contributed by atoms with E-state index in [1.807, 2.05) is 18.2 Å². The second-order valence-corrected chi connectivity index (χ2v) is 5.87. The second kappa shape index (κ2) is 10.0. The average molecular weight is 315 g/mol. The number of ether oxygens (including phenoxy) is 1. The number of hydrogen-bond acceptors (Lipinski definition) is 4. The minimum absolute atomic E-state index is 0.106. The number of rotatable bonds is 10. The first-order chi connectivity index (χ1) is 10.1. The summed E-state index contributed by atoms with van der Waals surface area (Å²) in [6.07, 6.45) is 0. The zero-order valence-corrected chi connectivity index (χ0v) is 14.0. The molecule has 0 saturated carbocycles. The first-order valence-electron chi connectivity index (χ1n) is 7.43. The highest BCUT2D eigenvalue weighted by Crippen LogP contribution is 2.27. The Morgan fingerprint density at radius 1 is 1.33 bits per heavy atom. The fraction of sp³-hybridized carbons (Fsp3) is 0.625. The van der Waals surface area contributed by atoms with Crippen LogP contribution >= 0.6 is 11.6 Å². The van der Waals surface area contributed by atoms with Crippen molar-refractivity contribution in [1.82, 2.24) is 5.32 Å². The molecule has 4 nitrogen and oxygen atoms in total. The minimum atomic E-state index is 0.106. The maximum atomic E-state index is 9.28. The van der Waals surface area contributed by atoms with Gasteiger partial charge >= 0.3 is 0 Å². The van der Waals surface area contributed by atoms with E-state index in [1.54, 1.807) is 7.11 Å². The van der Waals surface area contributed by atoms with Crippen molar-refractivity contribution in [3.63, 3.8) is 0 Å². The highest BCUT2D eigenvalue weighted by atomic mass is 35.5. The normalized spacial score (nSPS) is 11.1. The summed E-state index contributed by atoms with van der Waals surface area (Å²) in [5, 5.41) is 13.5. The van der Waals surface area contributed by atoms with Gasteiger partial charge in [-0.15, -0.1) is 0 Å². The predicted octanol–water partition coefficient (Wildman–Crippen LogP) is 2.53. The number of nitrogens with one attached hydrogen (secondary N) is 1. The smallest absolute Gasteiger partial charge is 0.0637 e. The van der Waals surface area contributed by atoms with Gasteiger partial charge in [-0.2, -0.15) is 0 Å². The summed E-state index contributed by atoms with van der Waals surface area (Å²) in [4.78, 5) is 2.11. The predicted molar refractivity (Wildman–Crippen MR) is 89.2 cm³/mol. The lowest BCUT2D eigenvalue weighted by molar-refractivity contribution is 0.203. The van der Waals surface area contributed by atoms with E-state index in [0.717, 1.165) is 35.9 Å². The SMILES string of the molecule is COCCN(CCO)c1cccc(Cl)c1CNCC(C)C. The zero-order valence-electron chi connectivity index (χ0n) is 13.2. The Morgan fingerprint density at radius 3 is 2.71 bits per heavy atom. The highest BCUT2D eigenvalue weighted by Gasteiger charge is 2.13. The molecule has 1 aromatic rings. The van der Waals surface area contributed by atoms with E-state index in [4.69, 9.17) is 16.3 Å². The number of halogens is 1. The van der Waals surface area contributed by atoms with Crippen LogP contribution in [0.1, 0.15) is 19.4 Å². The Kier molecular flexibility index (Phi) is 8.69. The third kappa shape index (κ3) is 6.22. The van der Waals surface area contributed by atoms with Gasteiger partial charge in [0.15, 0.2) is 0 Å². The molecule has 0 fully saturated rings. The maximum Gasteiger partial charge on any atom is 0.0637 e. The molecule has 120 valence electrons. The Labute approximate surface area is 133 Å². The molecule has 0 amide bonds. The number of hydrogen-bond donors (Lipinski definition) is 2. The molecule has 0 radical (unpaired) electrons. The van der Waals surface area contributed by atoms with E-state index < -0.39 is 0 Å². The van der Waals surface area contributed by atoms with Crippen molar-refractivity contribution < 1.29 is 9.84 Å². The molecule has 0 atom stereocenters. The standard InChI is InChI=1S/C16H27ClN2O2/c1-13(2)11-18-12-14-15(17)5-4-6-16(14)19(7-9-20)8-10-21-3/h4-6,13,18,20H,7-12H2,1-3H3. The lowest BCUT2D eigenvalue weighted by atomic mass is 10.1. The molecule has 0 bridgehead atoms. The molecule has 0 spiro atoms. The number of methoxy groups -OCH3 is 1. The Morgan fingerprint density at radius 2 is 2.10 bits per heavy atom. The van der Waals surface area contributed by atoms with E-state index in [0.29, 0.717) is 19.1 Å². The summed E-state index contributed by atoms with van der Waals surface area (Å²) in [5.74, 6) is 0.595. The molecule has 2 N–H and O–H groups in total. The van der Waals surface area contributed by atoms with Gasteiger partial charge in [-0.3, -0.25) is 0 Å².